The van der Waals surface area contributed by atoms with Crippen LogP contribution in [-0.2, 0) is 18.3 Å². The molecule has 2 saturated heterocycles. The van der Waals surface area contributed by atoms with Crippen LogP contribution in [0, 0.1) is 0 Å². The van der Waals surface area contributed by atoms with Crippen LogP contribution in [0.15, 0.2) is 42.7 Å². The Balaban J connectivity index is 1.38. The van der Waals surface area contributed by atoms with Gasteiger partial charge in [-0.05, 0) is 37.7 Å². The number of amides is 1. The van der Waals surface area contributed by atoms with Gasteiger partial charge in [-0.2, -0.15) is 0 Å². The van der Waals surface area contributed by atoms with Crippen molar-refractivity contribution in [2.24, 2.45) is 7.05 Å². The molecule has 1 amide bonds. The van der Waals surface area contributed by atoms with Crippen LogP contribution in [0.5, 0.6) is 0 Å². The lowest BCUT2D eigenvalue weighted by Crippen LogP contribution is -2.51. The Hall–Kier alpha value is -2.18. The lowest BCUT2D eigenvalue weighted by atomic mass is 9.95. The third-order valence-electron chi connectivity index (χ3n) is 5.94. The van der Waals surface area contributed by atoms with E-state index in [-0.39, 0.29) is 18.0 Å². The third kappa shape index (κ3) is 4.06. The Morgan fingerprint density at radius 1 is 1.22 bits per heavy atom. The molecule has 6 nitrogen and oxygen atoms in total. The van der Waals surface area contributed by atoms with Gasteiger partial charge in [-0.25, -0.2) is 15.8 Å². The Morgan fingerprint density at radius 2 is 2.07 bits per heavy atom. The molecule has 2 fully saturated rings. The molecule has 1 aromatic carbocycles. The molecule has 27 heavy (non-hydrogen) atoms. The van der Waals surface area contributed by atoms with E-state index in [4.69, 9.17) is 0 Å². The van der Waals surface area contributed by atoms with Crippen molar-refractivity contribution in [3.8, 4) is 0 Å². The van der Waals surface area contributed by atoms with Crippen molar-refractivity contribution in [3.63, 3.8) is 0 Å². The number of carbonyl (C=O) groups excluding carboxylic acids is 1. The summed E-state index contributed by atoms with van der Waals surface area (Å²) in [6, 6.07) is 10.7. The van der Waals surface area contributed by atoms with Crippen LogP contribution < -0.4 is 10.9 Å². The first-order valence-electron chi connectivity index (χ1n) is 10.0. The van der Waals surface area contributed by atoms with E-state index in [1.54, 1.807) is 0 Å². The van der Waals surface area contributed by atoms with Crippen LogP contribution in [0.2, 0.25) is 0 Å². The number of nitrogens with one attached hydrogen (secondary N) is 2. The first-order valence-corrected chi connectivity index (χ1v) is 10.0. The average molecular weight is 367 g/mol. The zero-order valence-electron chi connectivity index (χ0n) is 16.0. The Kier molecular flexibility index (Phi) is 5.55. The molecule has 3 heterocycles. The maximum Gasteiger partial charge on any atom is 0.241 e. The van der Waals surface area contributed by atoms with Crippen LogP contribution in [-0.4, -0.2) is 39.0 Å². The predicted octanol–water partition coefficient (Wildman–Crippen LogP) is 2.34. The zero-order valence-corrected chi connectivity index (χ0v) is 16.0. The van der Waals surface area contributed by atoms with E-state index in [1.165, 1.54) is 12.0 Å². The number of imidazole rings is 1. The Labute approximate surface area is 160 Å². The first kappa shape index (κ1) is 18.2. The number of hydrogen-bond acceptors (Lipinski definition) is 4. The van der Waals surface area contributed by atoms with Gasteiger partial charge < -0.3 is 9.47 Å². The van der Waals surface area contributed by atoms with E-state index in [9.17, 15) is 4.79 Å². The standard InChI is InChI=1S/C21H29N5O/c1-25-14-12-22-20(25)11-10-17-9-5-6-13-26(17)21(27)19-15-18(23-24-19)16-7-3-2-4-8-16/h2-4,7-8,12,14,17-19,23-24H,5-6,9-11,13,15H2,1H3. The van der Waals surface area contributed by atoms with Crippen molar-refractivity contribution < 1.29 is 4.79 Å². The van der Waals surface area contributed by atoms with Gasteiger partial charge in [-0.15, -0.1) is 0 Å². The summed E-state index contributed by atoms with van der Waals surface area (Å²) in [6.45, 7) is 0.873. The van der Waals surface area contributed by atoms with Crippen LogP contribution >= 0.6 is 0 Å². The van der Waals surface area contributed by atoms with Gasteiger partial charge >= 0.3 is 0 Å². The quantitative estimate of drug-likeness (QED) is 0.852. The van der Waals surface area contributed by atoms with Gasteiger partial charge in [0.25, 0.3) is 0 Å². The van der Waals surface area contributed by atoms with E-state index in [0.29, 0.717) is 6.04 Å². The average Bonchev–Trinajstić information content (AvgIpc) is 3.36. The van der Waals surface area contributed by atoms with E-state index in [1.807, 2.05) is 37.6 Å². The molecule has 144 valence electrons. The van der Waals surface area contributed by atoms with E-state index < -0.39 is 0 Å². The molecule has 2 N–H and O–H groups in total. The second-order valence-corrected chi connectivity index (χ2v) is 7.71. The number of likely N-dealkylation sites (tertiary alicyclic amines) is 1. The normalized spacial score (nSPS) is 25.7. The SMILES string of the molecule is Cn1ccnc1CCC1CCCCN1C(=O)C1CC(c2ccccc2)NN1. The third-order valence-corrected chi connectivity index (χ3v) is 5.94. The minimum Gasteiger partial charge on any atom is -0.338 e. The fourth-order valence-corrected chi connectivity index (χ4v) is 4.35. The van der Waals surface area contributed by atoms with E-state index in [2.05, 4.69) is 37.4 Å². The number of aromatic nitrogens is 2. The fourth-order valence-electron chi connectivity index (χ4n) is 4.35. The first-order chi connectivity index (χ1) is 13.2. The highest BCUT2D eigenvalue weighted by molar-refractivity contribution is 5.82. The minimum atomic E-state index is -0.149. The summed E-state index contributed by atoms with van der Waals surface area (Å²) in [5.74, 6) is 1.34. The number of hydrazine groups is 1. The summed E-state index contributed by atoms with van der Waals surface area (Å²) in [4.78, 5) is 19.8. The van der Waals surface area contributed by atoms with Gasteiger partial charge in [0.05, 0.1) is 0 Å². The lowest BCUT2D eigenvalue weighted by molar-refractivity contribution is -0.137. The van der Waals surface area contributed by atoms with Crippen molar-refractivity contribution >= 4 is 5.91 Å². The summed E-state index contributed by atoms with van der Waals surface area (Å²) in [5.41, 5.74) is 7.78. The second-order valence-electron chi connectivity index (χ2n) is 7.71. The maximum absolute atomic E-state index is 13.2. The van der Waals surface area contributed by atoms with Crippen LogP contribution in [0.1, 0.15) is 49.5 Å². The van der Waals surface area contributed by atoms with Crippen molar-refractivity contribution in [1.29, 1.82) is 0 Å². The number of carbonyl (C=O) groups is 1. The molecule has 2 aromatic rings. The summed E-state index contributed by atoms with van der Waals surface area (Å²) in [6.07, 6.45) is 9.93. The molecule has 0 spiro atoms. The van der Waals surface area contributed by atoms with Crippen LogP contribution in [0.4, 0.5) is 0 Å². The molecule has 0 saturated carbocycles. The molecule has 3 atom stereocenters. The van der Waals surface area contributed by atoms with E-state index in [0.717, 1.165) is 44.5 Å². The fraction of sp³-hybridized carbons (Fsp3) is 0.524. The molecule has 2 aliphatic rings. The van der Waals surface area contributed by atoms with Gasteiger partial charge in [0.2, 0.25) is 5.91 Å². The highest BCUT2D eigenvalue weighted by Gasteiger charge is 2.36. The highest BCUT2D eigenvalue weighted by Crippen LogP contribution is 2.26. The van der Waals surface area contributed by atoms with Crippen molar-refractivity contribution in [3.05, 3.63) is 54.1 Å². The van der Waals surface area contributed by atoms with Gasteiger partial charge in [0, 0.05) is 44.5 Å². The monoisotopic (exact) mass is 367 g/mol. The molecule has 3 unspecified atom stereocenters. The van der Waals surface area contributed by atoms with Crippen molar-refractivity contribution in [1.82, 2.24) is 25.3 Å². The van der Waals surface area contributed by atoms with Crippen LogP contribution in [0.25, 0.3) is 0 Å². The Bertz CT molecular complexity index is 759. The summed E-state index contributed by atoms with van der Waals surface area (Å²) in [7, 11) is 2.03. The molecule has 6 heteroatoms. The topological polar surface area (TPSA) is 62.2 Å². The number of aryl methyl sites for hydroxylation is 2. The highest BCUT2D eigenvalue weighted by atomic mass is 16.2. The molecular weight excluding hydrogens is 338 g/mol. The number of hydrogen-bond donors (Lipinski definition) is 2. The number of piperidine rings is 1. The maximum atomic E-state index is 13.2. The molecule has 1 aromatic heterocycles. The van der Waals surface area contributed by atoms with E-state index >= 15 is 0 Å². The predicted molar refractivity (Wildman–Crippen MR) is 105 cm³/mol. The number of benzene rings is 1. The summed E-state index contributed by atoms with van der Waals surface area (Å²) in [5, 5.41) is 0. The van der Waals surface area contributed by atoms with Gasteiger partial charge in [-0.1, -0.05) is 30.3 Å². The van der Waals surface area contributed by atoms with Crippen LogP contribution in [0.3, 0.4) is 0 Å². The molecule has 2 aliphatic heterocycles. The molecule has 0 aliphatic carbocycles. The minimum absolute atomic E-state index is 0.149. The summed E-state index contributed by atoms with van der Waals surface area (Å²) < 4.78 is 2.07. The molecule has 0 bridgehead atoms. The lowest BCUT2D eigenvalue weighted by Gasteiger charge is -2.37. The molecular formula is C21H29N5O. The van der Waals surface area contributed by atoms with Crippen molar-refractivity contribution in [2.45, 2.75) is 56.7 Å². The van der Waals surface area contributed by atoms with Gasteiger partial charge in [0.1, 0.15) is 11.9 Å². The van der Waals surface area contributed by atoms with Gasteiger partial charge in [0.15, 0.2) is 0 Å². The zero-order chi connectivity index (χ0) is 18.6. The molecule has 4 rings (SSSR count). The molecule has 0 radical (unpaired) electrons. The number of rotatable bonds is 5. The summed E-state index contributed by atoms with van der Waals surface area (Å²) >= 11 is 0. The van der Waals surface area contributed by atoms with Crippen molar-refractivity contribution in [2.75, 3.05) is 6.54 Å². The number of nitrogens with zero attached hydrogens (tertiary/aromatic N) is 3. The smallest absolute Gasteiger partial charge is 0.241 e. The Morgan fingerprint density at radius 3 is 2.85 bits per heavy atom. The largest absolute Gasteiger partial charge is 0.338 e. The van der Waals surface area contributed by atoms with Gasteiger partial charge in [-0.3, -0.25) is 4.79 Å². The second kappa shape index (κ2) is 8.23.